The summed E-state index contributed by atoms with van der Waals surface area (Å²) in [5, 5.41) is 2.16. The summed E-state index contributed by atoms with van der Waals surface area (Å²) in [5.74, 6) is 0.296. The van der Waals surface area contributed by atoms with Gasteiger partial charge >= 0.3 is 0 Å². The van der Waals surface area contributed by atoms with Gasteiger partial charge in [0.2, 0.25) is 5.91 Å². The van der Waals surface area contributed by atoms with Crippen molar-refractivity contribution in [3.8, 4) is 0 Å². The van der Waals surface area contributed by atoms with Crippen molar-refractivity contribution in [1.82, 2.24) is 4.90 Å². The molecular weight excluding hydrogens is 290 g/mol. The van der Waals surface area contributed by atoms with Crippen LogP contribution in [0, 0.1) is 6.92 Å². The van der Waals surface area contributed by atoms with Crippen molar-refractivity contribution in [3.05, 3.63) is 57.3 Å². The van der Waals surface area contributed by atoms with Gasteiger partial charge < -0.3 is 4.90 Å². The molecule has 0 fully saturated rings. The van der Waals surface area contributed by atoms with Crippen LogP contribution in [0.4, 0.5) is 0 Å². The second kappa shape index (κ2) is 6.66. The second-order valence-electron chi connectivity index (χ2n) is 6.05. The maximum atomic E-state index is 12.7. The number of amides is 1. The summed E-state index contributed by atoms with van der Waals surface area (Å²) < 4.78 is 0. The quantitative estimate of drug-likeness (QED) is 0.799. The monoisotopic (exact) mass is 313 g/mol. The van der Waals surface area contributed by atoms with Gasteiger partial charge in [-0.25, -0.2) is 0 Å². The Morgan fingerprint density at radius 3 is 2.77 bits per heavy atom. The number of aryl methyl sites for hydroxylation is 1. The molecule has 0 saturated heterocycles. The van der Waals surface area contributed by atoms with Crippen LogP contribution < -0.4 is 0 Å². The molecule has 1 aliphatic rings. The lowest BCUT2D eigenvalue weighted by Crippen LogP contribution is -2.39. The maximum absolute atomic E-state index is 12.7. The fraction of sp³-hybridized carbons (Fsp3) is 0.421. The van der Waals surface area contributed by atoms with Crippen LogP contribution >= 0.6 is 11.3 Å². The minimum atomic E-state index is 0.0972. The summed E-state index contributed by atoms with van der Waals surface area (Å²) >= 11 is 1.82. The van der Waals surface area contributed by atoms with Crippen LogP contribution in [0.3, 0.4) is 0 Å². The smallest absolute Gasteiger partial charge is 0.223 e. The molecule has 1 atom stereocenters. The number of unbranched alkanes of at least 4 members (excludes halogenated alkanes) is 1. The topological polar surface area (TPSA) is 20.3 Å². The zero-order valence-corrected chi connectivity index (χ0v) is 14.2. The predicted molar refractivity (Wildman–Crippen MR) is 92.3 cm³/mol. The first-order valence-corrected chi connectivity index (χ1v) is 9.01. The average molecular weight is 313 g/mol. The Morgan fingerprint density at radius 1 is 1.27 bits per heavy atom. The number of hydrogen-bond acceptors (Lipinski definition) is 2. The van der Waals surface area contributed by atoms with Gasteiger partial charge in [0.1, 0.15) is 0 Å². The molecule has 0 radical (unpaired) electrons. The Hall–Kier alpha value is -1.61. The van der Waals surface area contributed by atoms with Gasteiger partial charge in [0.15, 0.2) is 0 Å². The molecule has 2 heterocycles. The standard InChI is InChI=1S/C19H23NOS/c1-3-4-5-18(21)20-12-10-17-16(11-13-22-17)19(20)15-8-6-14(2)7-9-15/h6-9,11,13,19H,3-5,10,12H2,1-2H3/t19-/m0/s1. The van der Waals surface area contributed by atoms with Gasteiger partial charge in [-0.1, -0.05) is 43.2 Å². The molecule has 0 N–H and O–H groups in total. The molecule has 0 bridgehead atoms. The summed E-state index contributed by atoms with van der Waals surface area (Å²) in [6, 6.07) is 10.9. The van der Waals surface area contributed by atoms with E-state index in [9.17, 15) is 4.79 Å². The van der Waals surface area contributed by atoms with Crippen LogP contribution in [0.5, 0.6) is 0 Å². The third-order valence-electron chi connectivity index (χ3n) is 4.42. The Morgan fingerprint density at radius 2 is 2.05 bits per heavy atom. The molecule has 0 unspecified atom stereocenters. The number of carbonyl (C=O) groups is 1. The fourth-order valence-corrected chi connectivity index (χ4v) is 4.07. The number of rotatable bonds is 4. The van der Waals surface area contributed by atoms with Crippen LogP contribution in [0.15, 0.2) is 35.7 Å². The predicted octanol–water partition coefficient (Wildman–Crippen LogP) is 4.72. The summed E-state index contributed by atoms with van der Waals surface area (Å²) in [4.78, 5) is 16.2. The number of carbonyl (C=O) groups excluding carboxylic acids is 1. The number of benzene rings is 1. The minimum Gasteiger partial charge on any atom is -0.331 e. The first-order chi connectivity index (χ1) is 10.7. The van der Waals surface area contributed by atoms with Gasteiger partial charge in [-0.3, -0.25) is 4.79 Å². The molecule has 0 saturated carbocycles. The summed E-state index contributed by atoms with van der Waals surface area (Å²) in [6.07, 6.45) is 3.70. The third-order valence-corrected chi connectivity index (χ3v) is 5.42. The molecule has 116 valence electrons. The lowest BCUT2D eigenvalue weighted by molar-refractivity contribution is -0.133. The normalized spacial score (nSPS) is 17.4. The van der Waals surface area contributed by atoms with Gasteiger partial charge in [-0.2, -0.15) is 0 Å². The molecular formula is C19H23NOS. The van der Waals surface area contributed by atoms with Crippen molar-refractivity contribution >= 4 is 17.2 Å². The van der Waals surface area contributed by atoms with Gasteiger partial charge in [0.25, 0.3) is 0 Å². The van der Waals surface area contributed by atoms with Crippen LogP contribution in [0.2, 0.25) is 0 Å². The van der Waals surface area contributed by atoms with Crippen LogP contribution in [0.25, 0.3) is 0 Å². The second-order valence-corrected chi connectivity index (χ2v) is 7.05. The summed E-state index contributed by atoms with van der Waals surface area (Å²) in [6.45, 7) is 5.08. The van der Waals surface area contributed by atoms with E-state index in [-0.39, 0.29) is 6.04 Å². The van der Waals surface area contributed by atoms with Crippen LogP contribution in [-0.2, 0) is 11.2 Å². The van der Waals surface area contributed by atoms with Crippen LogP contribution in [-0.4, -0.2) is 17.4 Å². The maximum Gasteiger partial charge on any atom is 0.223 e. The number of fused-ring (bicyclic) bond motifs is 1. The van der Waals surface area contributed by atoms with E-state index in [0.29, 0.717) is 12.3 Å². The number of thiophene rings is 1. The molecule has 22 heavy (non-hydrogen) atoms. The molecule has 3 rings (SSSR count). The highest BCUT2D eigenvalue weighted by Gasteiger charge is 2.32. The van der Waals surface area contributed by atoms with E-state index >= 15 is 0 Å². The molecule has 0 spiro atoms. The van der Waals surface area contributed by atoms with Crippen molar-refractivity contribution in [2.75, 3.05) is 6.54 Å². The Bertz CT molecular complexity index is 644. The average Bonchev–Trinajstić information content (AvgIpc) is 3.01. The summed E-state index contributed by atoms with van der Waals surface area (Å²) in [5.41, 5.74) is 3.81. The summed E-state index contributed by atoms with van der Waals surface area (Å²) in [7, 11) is 0. The zero-order valence-electron chi connectivity index (χ0n) is 13.3. The molecule has 2 nitrogen and oxygen atoms in total. The molecule has 1 aromatic carbocycles. The van der Waals surface area contributed by atoms with E-state index in [1.807, 2.05) is 11.3 Å². The number of hydrogen-bond donors (Lipinski definition) is 0. The number of nitrogens with zero attached hydrogens (tertiary/aromatic N) is 1. The van der Waals surface area contributed by atoms with Gasteiger partial charge in [-0.05, 0) is 42.3 Å². The van der Waals surface area contributed by atoms with Gasteiger partial charge in [0.05, 0.1) is 6.04 Å². The molecule has 2 aromatic rings. The van der Waals surface area contributed by atoms with Gasteiger partial charge in [0, 0.05) is 17.8 Å². The lowest BCUT2D eigenvalue weighted by atomic mass is 9.92. The zero-order chi connectivity index (χ0) is 15.5. The van der Waals surface area contributed by atoms with E-state index in [1.54, 1.807) is 0 Å². The van der Waals surface area contributed by atoms with E-state index in [2.05, 4.69) is 54.5 Å². The van der Waals surface area contributed by atoms with Crippen molar-refractivity contribution in [1.29, 1.82) is 0 Å². The molecule has 1 aromatic heterocycles. The highest BCUT2D eigenvalue weighted by atomic mass is 32.1. The fourth-order valence-electron chi connectivity index (χ4n) is 3.16. The third kappa shape index (κ3) is 2.95. The van der Waals surface area contributed by atoms with Crippen molar-refractivity contribution in [3.63, 3.8) is 0 Å². The molecule has 0 aliphatic carbocycles. The molecule has 1 aliphatic heterocycles. The SMILES string of the molecule is CCCCC(=O)N1CCc2sccc2[C@@H]1c1ccc(C)cc1. The Labute approximate surface area is 136 Å². The minimum absolute atomic E-state index is 0.0972. The van der Waals surface area contributed by atoms with Crippen molar-refractivity contribution in [2.45, 2.75) is 45.6 Å². The highest BCUT2D eigenvalue weighted by molar-refractivity contribution is 7.10. The molecule has 1 amide bonds. The van der Waals surface area contributed by atoms with E-state index < -0.39 is 0 Å². The van der Waals surface area contributed by atoms with E-state index in [0.717, 1.165) is 25.8 Å². The van der Waals surface area contributed by atoms with Crippen molar-refractivity contribution in [2.24, 2.45) is 0 Å². The first kappa shape index (κ1) is 15.3. The molecule has 3 heteroatoms. The Kier molecular flexibility index (Phi) is 4.63. The van der Waals surface area contributed by atoms with Gasteiger partial charge in [-0.15, -0.1) is 11.3 Å². The van der Waals surface area contributed by atoms with Crippen LogP contribution in [0.1, 0.15) is 53.8 Å². The first-order valence-electron chi connectivity index (χ1n) is 8.13. The van der Waals surface area contributed by atoms with E-state index in [1.165, 1.54) is 21.6 Å². The van der Waals surface area contributed by atoms with E-state index in [4.69, 9.17) is 0 Å². The van der Waals surface area contributed by atoms with Crippen molar-refractivity contribution < 1.29 is 4.79 Å². The largest absolute Gasteiger partial charge is 0.331 e. The Balaban J connectivity index is 1.95. The lowest BCUT2D eigenvalue weighted by Gasteiger charge is -2.36. The highest BCUT2D eigenvalue weighted by Crippen LogP contribution is 2.38.